The zero-order valence-electron chi connectivity index (χ0n) is 38.9. The topological polar surface area (TPSA) is 169 Å². The number of anilines is 2. The molecule has 0 aromatic heterocycles. The van der Waals surface area contributed by atoms with E-state index in [0.29, 0.717) is 12.1 Å². The van der Waals surface area contributed by atoms with Crippen molar-refractivity contribution in [1.82, 2.24) is 10.6 Å². The van der Waals surface area contributed by atoms with Gasteiger partial charge >= 0.3 is 18.2 Å². The van der Waals surface area contributed by atoms with E-state index in [0.717, 1.165) is 33.2 Å². The molecular weight excluding hydrogens is 893 g/mol. The van der Waals surface area contributed by atoms with Crippen molar-refractivity contribution in [3.8, 4) is 0 Å². The van der Waals surface area contributed by atoms with Gasteiger partial charge in [0.15, 0.2) is 0 Å². The lowest BCUT2D eigenvalue weighted by Gasteiger charge is -2.23. The first-order valence-electron chi connectivity index (χ1n) is 21.8. The molecule has 6 N–H and O–H groups in total. The predicted molar refractivity (Wildman–Crippen MR) is 279 cm³/mol. The minimum Gasteiger partial charge on any atom is -0.480 e. The smallest absolute Gasteiger partial charge is 0.408 e. The minimum atomic E-state index is -1.09. The van der Waals surface area contributed by atoms with Crippen molar-refractivity contribution in [2.75, 3.05) is 11.1 Å². The Balaban J connectivity index is 0.000000296. The van der Waals surface area contributed by atoms with Crippen LogP contribution in [0, 0.1) is 0 Å². The molecular formula is C55H66N4O7S2. The van der Waals surface area contributed by atoms with E-state index in [1.165, 1.54) is 16.0 Å². The molecule has 0 saturated heterocycles. The summed E-state index contributed by atoms with van der Waals surface area (Å²) in [6.45, 7) is 10.5. The normalized spacial score (nSPS) is 11.6. The molecule has 0 saturated carbocycles. The van der Waals surface area contributed by atoms with Crippen molar-refractivity contribution in [2.45, 2.75) is 106 Å². The molecule has 0 unspecified atom stereocenters. The second-order valence-corrected chi connectivity index (χ2v) is 19.3. The lowest BCUT2D eigenvalue weighted by molar-refractivity contribution is -0.139. The number of carbonyl (C=O) groups is 4. The van der Waals surface area contributed by atoms with Gasteiger partial charge < -0.3 is 36.3 Å². The number of carboxylic acids is 1. The van der Waals surface area contributed by atoms with Gasteiger partial charge in [-0.2, -0.15) is 0 Å². The van der Waals surface area contributed by atoms with Crippen LogP contribution < -0.4 is 21.7 Å². The highest BCUT2D eigenvalue weighted by Gasteiger charge is 2.26. The molecule has 0 spiro atoms. The van der Waals surface area contributed by atoms with Crippen molar-refractivity contribution in [3.63, 3.8) is 0 Å². The van der Waals surface area contributed by atoms with Crippen LogP contribution in [0.4, 0.5) is 21.0 Å². The zero-order valence-corrected chi connectivity index (χ0v) is 40.6. The van der Waals surface area contributed by atoms with Crippen LogP contribution in [0.5, 0.6) is 0 Å². The van der Waals surface area contributed by atoms with Crippen LogP contribution in [0.3, 0.4) is 0 Å². The molecule has 0 aliphatic heterocycles. The number of hydrogen-bond donors (Lipinski definition) is 5. The first-order chi connectivity index (χ1) is 31.9. The zero-order chi connectivity index (χ0) is 48.7. The summed E-state index contributed by atoms with van der Waals surface area (Å²) in [4.78, 5) is 50.4. The number of carbonyl (C=O) groups excluding carboxylic acids is 3. The number of hydrogen-bond acceptors (Lipinski definition) is 9. The van der Waals surface area contributed by atoms with Crippen LogP contribution in [-0.4, -0.2) is 52.5 Å². The average molecular weight is 959 g/mol. The fourth-order valence-electron chi connectivity index (χ4n) is 5.92. The highest BCUT2D eigenvalue weighted by atomic mass is 32.2. The maximum atomic E-state index is 13.0. The fourth-order valence-corrected chi connectivity index (χ4v) is 7.63. The van der Waals surface area contributed by atoms with Crippen molar-refractivity contribution in [2.24, 2.45) is 0 Å². The van der Waals surface area contributed by atoms with Gasteiger partial charge in [-0.1, -0.05) is 129 Å². The summed E-state index contributed by atoms with van der Waals surface area (Å²) in [6, 6.07) is 53.4. The standard InChI is InChI=1S/C27H30N2O3S.C14H19NO4.C13H13NS.CH4/c1-27(2,3)32-26(31)29-24(18-20-10-6-4-7-11-20)25(30)28-22-14-16-23(17-15-22)33-19-21-12-8-5-9-13-21;1-14(2,3)19-13(18)15-11(12(16)17)9-10-7-5-4-6-8-10;14-12-6-8-13(9-7-12)15-10-11-4-2-1-3-5-11;/h4-17,24H,18-19H2,1-3H3,(H,28,30)(H,29,31);4-8,11H,9H2,1-3H3,(H,15,18)(H,16,17);1-9H,10,14H2;1H4/t24-;11-;;/m00../s1. The maximum absolute atomic E-state index is 13.0. The Kier molecular flexibility index (Phi) is 23.3. The van der Waals surface area contributed by atoms with E-state index in [2.05, 4.69) is 64.5 Å². The van der Waals surface area contributed by atoms with Crippen LogP contribution in [-0.2, 0) is 43.4 Å². The summed E-state index contributed by atoms with van der Waals surface area (Å²) >= 11 is 3.56. The third-order valence-electron chi connectivity index (χ3n) is 9.06. The molecule has 0 radical (unpaired) electrons. The van der Waals surface area contributed by atoms with E-state index in [4.69, 9.17) is 20.3 Å². The summed E-state index contributed by atoms with van der Waals surface area (Å²) in [7, 11) is 0. The van der Waals surface area contributed by atoms with E-state index in [1.807, 2.05) is 133 Å². The monoisotopic (exact) mass is 958 g/mol. The molecule has 0 bridgehead atoms. The van der Waals surface area contributed by atoms with Gasteiger partial charge in [-0.25, -0.2) is 14.4 Å². The third kappa shape index (κ3) is 23.2. The molecule has 11 nitrogen and oxygen atoms in total. The molecule has 0 heterocycles. The first kappa shape index (κ1) is 55.6. The van der Waals surface area contributed by atoms with Gasteiger partial charge in [0.2, 0.25) is 5.91 Å². The lowest BCUT2D eigenvalue weighted by Crippen LogP contribution is -2.47. The largest absolute Gasteiger partial charge is 0.480 e. The molecule has 0 aliphatic carbocycles. The van der Waals surface area contributed by atoms with Crippen molar-refractivity contribution in [1.29, 1.82) is 0 Å². The van der Waals surface area contributed by atoms with E-state index >= 15 is 0 Å². The van der Waals surface area contributed by atoms with E-state index in [9.17, 15) is 19.2 Å². The second kappa shape index (κ2) is 28.5. The SMILES string of the molecule is C.CC(C)(C)OC(=O)N[C@@H](Cc1ccccc1)C(=O)Nc1ccc(SCc2ccccc2)cc1.CC(C)(C)OC(=O)N[C@@H](Cc1ccccc1)C(=O)O.Nc1ccc(SCc2ccccc2)cc1. The molecule has 6 rings (SSSR count). The molecule has 360 valence electrons. The molecule has 13 heteroatoms. The second-order valence-electron chi connectivity index (χ2n) is 17.2. The molecule has 6 aromatic carbocycles. The van der Waals surface area contributed by atoms with E-state index < -0.39 is 41.4 Å². The number of amides is 3. The Morgan fingerprint density at radius 3 is 1.22 bits per heavy atom. The van der Waals surface area contributed by atoms with Gasteiger partial charge in [-0.15, -0.1) is 23.5 Å². The number of nitrogen functional groups attached to an aromatic ring is 1. The number of benzene rings is 6. The highest BCUT2D eigenvalue weighted by Crippen LogP contribution is 2.25. The number of ether oxygens (including phenoxy) is 2. The Morgan fingerprint density at radius 2 is 0.853 bits per heavy atom. The van der Waals surface area contributed by atoms with Crippen molar-refractivity contribution in [3.05, 3.63) is 192 Å². The van der Waals surface area contributed by atoms with Gasteiger partial charge in [0.1, 0.15) is 23.3 Å². The van der Waals surface area contributed by atoms with Crippen LogP contribution in [0.2, 0.25) is 0 Å². The number of rotatable bonds is 15. The Hall–Kier alpha value is -6.70. The summed E-state index contributed by atoms with van der Waals surface area (Å²) in [5.74, 6) is 0.500. The highest BCUT2D eigenvalue weighted by molar-refractivity contribution is 7.98. The number of nitrogens with two attached hydrogens (primary N) is 1. The predicted octanol–water partition coefficient (Wildman–Crippen LogP) is 12.5. The molecule has 2 atom stereocenters. The maximum Gasteiger partial charge on any atom is 0.408 e. The number of aliphatic carboxylic acids is 1. The van der Waals surface area contributed by atoms with Crippen LogP contribution >= 0.6 is 23.5 Å². The van der Waals surface area contributed by atoms with E-state index in [1.54, 1.807) is 53.3 Å². The van der Waals surface area contributed by atoms with Crippen LogP contribution in [0.15, 0.2) is 180 Å². The molecule has 0 aliphatic rings. The van der Waals surface area contributed by atoms with Gasteiger partial charge in [-0.3, -0.25) is 4.79 Å². The number of nitrogens with one attached hydrogen (secondary N) is 3. The summed E-state index contributed by atoms with van der Waals surface area (Å²) in [5.41, 5.74) is 10.2. The molecule has 68 heavy (non-hydrogen) atoms. The Morgan fingerprint density at radius 1 is 0.515 bits per heavy atom. The lowest BCUT2D eigenvalue weighted by atomic mass is 10.1. The van der Waals surface area contributed by atoms with E-state index in [-0.39, 0.29) is 19.8 Å². The van der Waals surface area contributed by atoms with Crippen LogP contribution in [0.25, 0.3) is 0 Å². The average Bonchev–Trinajstić information content (AvgIpc) is 3.29. The van der Waals surface area contributed by atoms with Gasteiger partial charge in [-0.05, 0) is 112 Å². The number of carboxylic acid groups (broad SMARTS) is 1. The van der Waals surface area contributed by atoms with Gasteiger partial charge in [0.05, 0.1) is 0 Å². The summed E-state index contributed by atoms with van der Waals surface area (Å²) in [5, 5.41) is 17.1. The number of thioether (sulfide) groups is 2. The third-order valence-corrected chi connectivity index (χ3v) is 11.2. The van der Waals surface area contributed by atoms with Crippen molar-refractivity contribution < 1.29 is 33.8 Å². The molecule has 6 aromatic rings. The molecule has 3 amide bonds. The minimum absolute atomic E-state index is 0. The van der Waals surface area contributed by atoms with Gasteiger partial charge in [0, 0.05) is 45.5 Å². The summed E-state index contributed by atoms with van der Waals surface area (Å²) in [6.07, 6.45) is -0.770. The Labute approximate surface area is 411 Å². The summed E-state index contributed by atoms with van der Waals surface area (Å²) < 4.78 is 10.4. The number of alkyl carbamates (subject to hydrolysis) is 2. The quantitative estimate of drug-likeness (QED) is 0.0493. The van der Waals surface area contributed by atoms with Crippen molar-refractivity contribution >= 4 is 59.0 Å². The first-order valence-corrected chi connectivity index (χ1v) is 23.8. The van der Waals surface area contributed by atoms with Crippen LogP contribution in [0.1, 0.15) is 71.2 Å². The Bertz CT molecular complexity index is 2400. The molecule has 0 fully saturated rings. The fraction of sp³-hybridized carbons (Fsp3) is 0.273. The van der Waals surface area contributed by atoms with Gasteiger partial charge in [0.25, 0.3) is 0 Å².